The Labute approximate surface area is 167 Å². The lowest BCUT2D eigenvalue weighted by atomic mass is 9.78. The molecular weight excluding hydrogens is 330 g/mol. The smallest absolute Gasteiger partial charge is 0.118 e. The van der Waals surface area contributed by atoms with Crippen molar-refractivity contribution in [1.29, 1.82) is 0 Å². The lowest BCUT2D eigenvalue weighted by Crippen LogP contribution is -2.35. The second-order valence-electron chi connectivity index (χ2n) is 9.27. The Kier molecular flexibility index (Phi) is 8.89. The Morgan fingerprint density at radius 3 is 2.41 bits per heavy atom. The summed E-state index contributed by atoms with van der Waals surface area (Å²) in [7, 11) is 1.72. The molecule has 1 unspecified atom stereocenters. The molecule has 0 heterocycles. The Hall–Kier alpha value is -1.28. The number of ether oxygens (including phenoxy) is 1. The molecule has 2 nitrogen and oxygen atoms in total. The molecule has 1 aliphatic carbocycles. The molecule has 0 aliphatic heterocycles. The van der Waals surface area contributed by atoms with E-state index in [1.54, 1.807) is 7.11 Å². The van der Waals surface area contributed by atoms with Gasteiger partial charge in [0.15, 0.2) is 0 Å². The summed E-state index contributed by atoms with van der Waals surface area (Å²) in [6.45, 7) is 10.2. The SMILES string of the molecule is COc1ccc(C(C)(C)CC(C=C(C)C)NCCCC2CCCCC2)cc1. The predicted octanol–water partition coefficient (Wildman–Crippen LogP) is 6.65. The van der Waals surface area contributed by atoms with Crippen LogP contribution in [-0.4, -0.2) is 19.7 Å². The van der Waals surface area contributed by atoms with E-state index >= 15 is 0 Å². The number of hydrogen-bond donors (Lipinski definition) is 1. The molecule has 0 aromatic heterocycles. The molecular formula is C25H41NO. The average molecular weight is 372 g/mol. The van der Waals surface area contributed by atoms with Gasteiger partial charge in [0.25, 0.3) is 0 Å². The maximum atomic E-state index is 5.31. The van der Waals surface area contributed by atoms with Gasteiger partial charge in [-0.1, -0.05) is 69.7 Å². The van der Waals surface area contributed by atoms with E-state index in [1.807, 2.05) is 0 Å². The summed E-state index contributed by atoms with van der Waals surface area (Å²) in [5, 5.41) is 3.84. The van der Waals surface area contributed by atoms with Crippen molar-refractivity contribution in [3.63, 3.8) is 0 Å². The molecule has 2 rings (SSSR count). The van der Waals surface area contributed by atoms with Gasteiger partial charge in [-0.3, -0.25) is 0 Å². The molecule has 0 radical (unpaired) electrons. The zero-order valence-corrected chi connectivity index (χ0v) is 18.3. The van der Waals surface area contributed by atoms with Crippen LogP contribution in [0.1, 0.15) is 84.6 Å². The van der Waals surface area contributed by atoms with Crippen molar-refractivity contribution in [2.45, 2.75) is 90.5 Å². The zero-order chi connectivity index (χ0) is 19.7. The standard InChI is InChI=1S/C25H41NO/c1-20(2)18-23(26-17-9-12-21-10-7-6-8-11-21)19-25(3,4)22-13-15-24(27-5)16-14-22/h13-16,18,21,23,26H,6-12,17,19H2,1-5H3. The molecule has 1 aromatic carbocycles. The molecule has 1 N–H and O–H groups in total. The molecule has 1 saturated carbocycles. The van der Waals surface area contributed by atoms with Crippen molar-refractivity contribution in [2.24, 2.45) is 5.92 Å². The molecule has 0 amide bonds. The molecule has 2 heteroatoms. The summed E-state index contributed by atoms with van der Waals surface area (Å²) in [4.78, 5) is 0. The maximum absolute atomic E-state index is 5.31. The van der Waals surface area contributed by atoms with Crippen LogP contribution in [0, 0.1) is 5.92 Å². The minimum Gasteiger partial charge on any atom is -0.497 e. The van der Waals surface area contributed by atoms with Crippen molar-refractivity contribution in [3.8, 4) is 5.75 Å². The Bertz CT molecular complexity index is 562. The van der Waals surface area contributed by atoms with Gasteiger partial charge in [0, 0.05) is 6.04 Å². The molecule has 0 saturated heterocycles. The van der Waals surface area contributed by atoms with Gasteiger partial charge in [0.2, 0.25) is 0 Å². The molecule has 0 bridgehead atoms. The van der Waals surface area contributed by atoms with Crippen LogP contribution in [0.2, 0.25) is 0 Å². The van der Waals surface area contributed by atoms with Crippen LogP contribution < -0.4 is 10.1 Å². The normalized spacial score (nSPS) is 16.8. The third kappa shape index (κ3) is 7.70. The average Bonchev–Trinajstić information content (AvgIpc) is 2.65. The van der Waals surface area contributed by atoms with E-state index in [0.717, 1.165) is 24.6 Å². The van der Waals surface area contributed by atoms with Crippen LogP contribution in [0.5, 0.6) is 5.75 Å². The molecule has 152 valence electrons. The van der Waals surface area contributed by atoms with Gasteiger partial charge >= 0.3 is 0 Å². The molecule has 1 aliphatic rings. The summed E-state index contributed by atoms with van der Waals surface area (Å²) < 4.78 is 5.31. The van der Waals surface area contributed by atoms with Gasteiger partial charge < -0.3 is 10.1 Å². The summed E-state index contributed by atoms with van der Waals surface area (Å²) in [6, 6.07) is 9.00. The first-order chi connectivity index (χ1) is 12.9. The third-order valence-corrected chi connectivity index (χ3v) is 6.06. The van der Waals surface area contributed by atoms with Gasteiger partial charge in [-0.15, -0.1) is 0 Å². The lowest BCUT2D eigenvalue weighted by molar-refractivity contribution is 0.326. The highest BCUT2D eigenvalue weighted by molar-refractivity contribution is 5.32. The fourth-order valence-electron chi connectivity index (χ4n) is 4.46. The highest BCUT2D eigenvalue weighted by Gasteiger charge is 2.24. The molecule has 0 spiro atoms. The number of benzene rings is 1. The first-order valence-corrected chi connectivity index (χ1v) is 10.9. The van der Waals surface area contributed by atoms with Crippen LogP contribution in [0.4, 0.5) is 0 Å². The van der Waals surface area contributed by atoms with Gasteiger partial charge in [0.1, 0.15) is 5.75 Å². The first-order valence-electron chi connectivity index (χ1n) is 10.9. The Balaban J connectivity index is 1.88. The summed E-state index contributed by atoms with van der Waals surface area (Å²) in [5.41, 5.74) is 2.89. The monoisotopic (exact) mass is 371 g/mol. The van der Waals surface area contributed by atoms with Crippen molar-refractivity contribution in [3.05, 3.63) is 41.5 Å². The van der Waals surface area contributed by atoms with E-state index in [-0.39, 0.29) is 5.41 Å². The van der Waals surface area contributed by atoms with E-state index in [4.69, 9.17) is 4.74 Å². The fraction of sp³-hybridized carbons (Fsp3) is 0.680. The van der Waals surface area contributed by atoms with Crippen LogP contribution in [0.15, 0.2) is 35.9 Å². The number of hydrogen-bond acceptors (Lipinski definition) is 2. The van der Waals surface area contributed by atoms with Gasteiger partial charge in [-0.25, -0.2) is 0 Å². The van der Waals surface area contributed by atoms with E-state index < -0.39 is 0 Å². The van der Waals surface area contributed by atoms with Gasteiger partial charge in [-0.2, -0.15) is 0 Å². The van der Waals surface area contributed by atoms with Crippen LogP contribution in [-0.2, 0) is 5.41 Å². The minimum atomic E-state index is 0.124. The Morgan fingerprint density at radius 1 is 1.15 bits per heavy atom. The summed E-state index contributed by atoms with van der Waals surface area (Å²) in [6.07, 6.45) is 13.5. The highest BCUT2D eigenvalue weighted by atomic mass is 16.5. The minimum absolute atomic E-state index is 0.124. The molecule has 27 heavy (non-hydrogen) atoms. The topological polar surface area (TPSA) is 21.3 Å². The molecule has 1 atom stereocenters. The number of nitrogens with one attached hydrogen (secondary N) is 1. The number of allylic oxidation sites excluding steroid dienone is 1. The zero-order valence-electron chi connectivity index (χ0n) is 18.3. The summed E-state index contributed by atoms with van der Waals surface area (Å²) >= 11 is 0. The van der Waals surface area contributed by atoms with E-state index in [1.165, 1.54) is 56.1 Å². The lowest BCUT2D eigenvalue weighted by Gasteiger charge is -2.30. The molecule has 1 aromatic rings. The third-order valence-electron chi connectivity index (χ3n) is 6.06. The fourth-order valence-corrected chi connectivity index (χ4v) is 4.46. The van der Waals surface area contributed by atoms with Crippen molar-refractivity contribution >= 4 is 0 Å². The van der Waals surface area contributed by atoms with Crippen LogP contribution in [0.3, 0.4) is 0 Å². The van der Waals surface area contributed by atoms with E-state index in [0.29, 0.717) is 6.04 Å². The van der Waals surface area contributed by atoms with E-state index in [9.17, 15) is 0 Å². The van der Waals surface area contributed by atoms with Crippen LogP contribution >= 0.6 is 0 Å². The second-order valence-corrected chi connectivity index (χ2v) is 9.27. The summed E-state index contributed by atoms with van der Waals surface area (Å²) in [5.74, 6) is 1.91. The number of rotatable bonds is 10. The van der Waals surface area contributed by atoms with Crippen molar-refractivity contribution in [2.75, 3.05) is 13.7 Å². The Morgan fingerprint density at radius 2 is 1.81 bits per heavy atom. The van der Waals surface area contributed by atoms with Crippen molar-refractivity contribution < 1.29 is 4.74 Å². The van der Waals surface area contributed by atoms with Crippen molar-refractivity contribution in [1.82, 2.24) is 5.32 Å². The number of methoxy groups -OCH3 is 1. The van der Waals surface area contributed by atoms with Gasteiger partial charge in [0.05, 0.1) is 7.11 Å². The maximum Gasteiger partial charge on any atom is 0.118 e. The quantitative estimate of drug-likeness (QED) is 0.367. The largest absolute Gasteiger partial charge is 0.497 e. The van der Waals surface area contributed by atoms with E-state index in [2.05, 4.69) is 63.4 Å². The van der Waals surface area contributed by atoms with Gasteiger partial charge in [-0.05, 0) is 68.7 Å². The second kappa shape index (κ2) is 10.9. The van der Waals surface area contributed by atoms with Crippen LogP contribution in [0.25, 0.3) is 0 Å². The predicted molar refractivity (Wildman–Crippen MR) is 118 cm³/mol. The first kappa shape index (κ1) is 22.0. The molecule has 1 fully saturated rings. The highest BCUT2D eigenvalue weighted by Crippen LogP contribution is 2.31.